The van der Waals surface area contributed by atoms with Crippen molar-refractivity contribution in [1.82, 2.24) is 4.31 Å². The van der Waals surface area contributed by atoms with E-state index in [0.717, 1.165) is 24.0 Å². The Morgan fingerprint density at radius 3 is 2.64 bits per heavy atom. The van der Waals surface area contributed by atoms with Crippen LogP contribution in [0.15, 0.2) is 53.4 Å². The van der Waals surface area contributed by atoms with Gasteiger partial charge in [-0.15, -0.1) is 0 Å². The van der Waals surface area contributed by atoms with E-state index in [4.69, 9.17) is 11.6 Å². The third-order valence-corrected chi connectivity index (χ3v) is 6.29. The first kappa shape index (κ1) is 15.5. The van der Waals surface area contributed by atoms with Crippen LogP contribution in [-0.4, -0.2) is 19.3 Å². The molecular weight excluding hydrogens is 318 g/mol. The molecular formula is C17H18ClNO2S. The van der Waals surface area contributed by atoms with Crippen LogP contribution >= 0.6 is 11.6 Å². The molecule has 116 valence electrons. The van der Waals surface area contributed by atoms with Gasteiger partial charge in [-0.2, -0.15) is 4.31 Å². The molecule has 0 radical (unpaired) electrons. The molecule has 0 bridgehead atoms. The minimum atomic E-state index is -3.53. The van der Waals surface area contributed by atoms with Crippen molar-refractivity contribution in [2.24, 2.45) is 0 Å². The molecule has 0 unspecified atom stereocenters. The summed E-state index contributed by atoms with van der Waals surface area (Å²) in [5.41, 5.74) is 2.21. The average Bonchev–Trinajstić information content (AvgIpc) is 2.98. The van der Waals surface area contributed by atoms with Gasteiger partial charge < -0.3 is 0 Å². The van der Waals surface area contributed by atoms with Crippen LogP contribution in [0.5, 0.6) is 0 Å². The van der Waals surface area contributed by atoms with E-state index in [-0.39, 0.29) is 10.9 Å². The van der Waals surface area contributed by atoms with Gasteiger partial charge in [-0.3, -0.25) is 0 Å². The molecule has 3 rings (SSSR count). The van der Waals surface area contributed by atoms with Gasteiger partial charge in [0.25, 0.3) is 0 Å². The van der Waals surface area contributed by atoms with Gasteiger partial charge in [0.15, 0.2) is 0 Å². The van der Waals surface area contributed by atoms with Gasteiger partial charge >= 0.3 is 0 Å². The first-order chi connectivity index (χ1) is 10.5. The molecule has 0 amide bonds. The monoisotopic (exact) mass is 335 g/mol. The van der Waals surface area contributed by atoms with E-state index in [1.165, 1.54) is 6.07 Å². The second-order valence-corrected chi connectivity index (χ2v) is 7.91. The van der Waals surface area contributed by atoms with Crippen LogP contribution in [0.1, 0.15) is 30.0 Å². The Labute approximate surface area is 136 Å². The van der Waals surface area contributed by atoms with Crippen molar-refractivity contribution in [3.8, 4) is 0 Å². The van der Waals surface area contributed by atoms with Crippen LogP contribution in [0.3, 0.4) is 0 Å². The van der Waals surface area contributed by atoms with E-state index in [1.807, 2.05) is 31.2 Å². The number of halogens is 1. The predicted octanol–water partition coefficient (Wildman–Crippen LogP) is 4.17. The quantitative estimate of drug-likeness (QED) is 0.844. The maximum atomic E-state index is 12.9. The van der Waals surface area contributed by atoms with E-state index in [0.29, 0.717) is 11.6 Å². The van der Waals surface area contributed by atoms with Gasteiger partial charge in [0, 0.05) is 11.6 Å². The standard InChI is InChI=1S/C17H18ClNO2S/c1-13-6-2-3-9-16(13)17-10-5-11-19(17)22(20,21)15-8-4-7-14(18)12-15/h2-4,6-9,12,17H,5,10-11H2,1H3/t17-/m0/s1. The normalized spacial score (nSPS) is 19.5. The van der Waals surface area contributed by atoms with E-state index in [1.54, 1.807) is 22.5 Å². The number of hydrogen-bond acceptors (Lipinski definition) is 2. The summed E-state index contributed by atoms with van der Waals surface area (Å²) >= 11 is 5.95. The summed E-state index contributed by atoms with van der Waals surface area (Å²) < 4.78 is 27.5. The van der Waals surface area contributed by atoms with Gasteiger partial charge in [-0.05, 0) is 49.1 Å². The Morgan fingerprint density at radius 2 is 1.91 bits per heavy atom. The zero-order chi connectivity index (χ0) is 15.7. The second-order valence-electron chi connectivity index (χ2n) is 5.59. The zero-order valence-electron chi connectivity index (χ0n) is 12.4. The van der Waals surface area contributed by atoms with Gasteiger partial charge in [0.05, 0.1) is 10.9 Å². The lowest BCUT2D eigenvalue weighted by Crippen LogP contribution is -2.31. The van der Waals surface area contributed by atoms with Crippen molar-refractivity contribution in [2.45, 2.75) is 30.7 Å². The summed E-state index contributed by atoms with van der Waals surface area (Å²) in [7, 11) is -3.53. The fraction of sp³-hybridized carbons (Fsp3) is 0.294. The Hall–Kier alpha value is -1.36. The lowest BCUT2D eigenvalue weighted by molar-refractivity contribution is 0.395. The van der Waals surface area contributed by atoms with Crippen LogP contribution in [0.4, 0.5) is 0 Å². The number of hydrogen-bond donors (Lipinski definition) is 0. The SMILES string of the molecule is Cc1ccccc1[C@@H]1CCCN1S(=O)(=O)c1cccc(Cl)c1. The second kappa shape index (κ2) is 6.03. The molecule has 0 aromatic heterocycles. The van der Waals surface area contributed by atoms with Crippen LogP contribution in [0, 0.1) is 6.92 Å². The first-order valence-corrected chi connectivity index (χ1v) is 9.15. The largest absolute Gasteiger partial charge is 0.243 e. The van der Waals surface area contributed by atoms with E-state index < -0.39 is 10.0 Å². The van der Waals surface area contributed by atoms with Crippen LogP contribution < -0.4 is 0 Å². The Bertz CT molecular complexity index is 789. The van der Waals surface area contributed by atoms with Crippen molar-refractivity contribution in [2.75, 3.05) is 6.54 Å². The van der Waals surface area contributed by atoms with Crippen LogP contribution in [-0.2, 0) is 10.0 Å². The predicted molar refractivity (Wildman–Crippen MR) is 88.5 cm³/mol. The number of nitrogens with zero attached hydrogens (tertiary/aromatic N) is 1. The molecule has 2 aromatic carbocycles. The minimum Gasteiger partial charge on any atom is -0.207 e. The molecule has 0 spiro atoms. The smallest absolute Gasteiger partial charge is 0.207 e. The minimum absolute atomic E-state index is 0.0924. The Balaban J connectivity index is 2.01. The van der Waals surface area contributed by atoms with Crippen molar-refractivity contribution in [3.63, 3.8) is 0 Å². The maximum absolute atomic E-state index is 12.9. The highest BCUT2D eigenvalue weighted by atomic mass is 35.5. The third-order valence-electron chi connectivity index (χ3n) is 4.15. The Morgan fingerprint density at radius 1 is 1.14 bits per heavy atom. The van der Waals surface area contributed by atoms with Crippen molar-refractivity contribution < 1.29 is 8.42 Å². The molecule has 1 aliphatic rings. The Kier molecular flexibility index (Phi) is 4.26. The molecule has 5 heteroatoms. The summed E-state index contributed by atoms with van der Waals surface area (Å²) in [6, 6.07) is 14.4. The van der Waals surface area contributed by atoms with E-state index in [9.17, 15) is 8.42 Å². The summed E-state index contributed by atoms with van der Waals surface area (Å²) in [4.78, 5) is 0.264. The van der Waals surface area contributed by atoms with Crippen LogP contribution in [0.2, 0.25) is 5.02 Å². The highest BCUT2D eigenvalue weighted by Crippen LogP contribution is 2.37. The third kappa shape index (κ3) is 2.78. The molecule has 1 saturated heterocycles. The molecule has 1 aliphatic heterocycles. The molecule has 0 N–H and O–H groups in total. The lowest BCUT2D eigenvalue weighted by atomic mass is 10.0. The summed E-state index contributed by atoms with van der Waals surface area (Å²) in [6.45, 7) is 2.58. The molecule has 1 heterocycles. The van der Waals surface area contributed by atoms with Gasteiger partial charge in [-0.1, -0.05) is 41.9 Å². The molecule has 22 heavy (non-hydrogen) atoms. The molecule has 1 fully saturated rings. The van der Waals surface area contributed by atoms with Gasteiger partial charge in [-0.25, -0.2) is 8.42 Å². The summed E-state index contributed by atoms with van der Waals surface area (Å²) in [6.07, 6.45) is 1.73. The summed E-state index contributed by atoms with van der Waals surface area (Å²) in [5.74, 6) is 0. The molecule has 1 atom stereocenters. The highest BCUT2D eigenvalue weighted by Gasteiger charge is 2.36. The zero-order valence-corrected chi connectivity index (χ0v) is 13.9. The fourth-order valence-corrected chi connectivity index (χ4v) is 5.04. The van der Waals surface area contributed by atoms with E-state index >= 15 is 0 Å². The molecule has 0 saturated carbocycles. The highest BCUT2D eigenvalue weighted by molar-refractivity contribution is 7.89. The fourth-order valence-electron chi connectivity index (χ4n) is 3.06. The number of benzene rings is 2. The molecule has 3 nitrogen and oxygen atoms in total. The topological polar surface area (TPSA) is 37.4 Å². The van der Waals surface area contributed by atoms with Gasteiger partial charge in [0.2, 0.25) is 10.0 Å². The first-order valence-electron chi connectivity index (χ1n) is 7.33. The van der Waals surface area contributed by atoms with Crippen LogP contribution in [0.25, 0.3) is 0 Å². The van der Waals surface area contributed by atoms with Crippen molar-refractivity contribution >= 4 is 21.6 Å². The maximum Gasteiger partial charge on any atom is 0.243 e. The van der Waals surface area contributed by atoms with Gasteiger partial charge in [0.1, 0.15) is 0 Å². The number of aryl methyl sites for hydroxylation is 1. The number of rotatable bonds is 3. The average molecular weight is 336 g/mol. The number of sulfonamides is 1. The molecule has 2 aromatic rings. The van der Waals surface area contributed by atoms with E-state index in [2.05, 4.69) is 0 Å². The van der Waals surface area contributed by atoms with Crippen molar-refractivity contribution in [1.29, 1.82) is 0 Å². The summed E-state index contributed by atoms with van der Waals surface area (Å²) in [5, 5.41) is 0.438. The lowest BCUT2D eigenvalue weighted by Gasteiger charge is -2.25. The van der Waals surface area contributed by atoms with Crippen molar-refractivity contribution in [3.05, 3.63) is 64.7 Å². The molecule has 0 aliphatic carbocycles.